The van der Waals surface area contributed by atoms with Crippen molar-refractivity contribution >= 4 is 0 Å². The predicted octanol–water partition coefficient (Wildman–Crippen LogP) is 4.84. The van der Waals surface area contributed by atoms with Crippen molar-refractivity contribution in [3.63, 3.8) is 0 Å². The van der Waals surface area contributed by atoms with E-state index in [4.69, 9.17) is 0 Å². The van der Waals surface area contributed by atoms with Gasteiger partial charge in [0.1, 0.15) is 0 Å². The normalized spacial score (nSPS) is 13.4. The van der Waals surface area contributed by atoms with Crippen molar-refractivity contribution in [1.82, 2.24) is 0 Å². The Morgan fingerprint density at radius 3 is 2.19 bits per heavy atom. The zero-order valence-corrected chi connectivity index (χ0v) is 11.3. The first kappa shape index (κ1) is 15.7. The molecule has 0 unspecified atom stereocenters. The average molecular weight is 226 g/mol. The molecule has 1 atom stereocenters. The van der Waals surface area contributed by atoms with Crippen LogP contribution in [0, 0.1) is 0 Å². The number of hydrogen-bond donors (Lipinski definition) is 1. The topological polar surface area (TPSA) is 20.2 Å². The molecule has 16 heavy (non-hydrogen) atoms. The van der Waals surface area contributed by atoms with Gasteiger partial charge in [-0.05, 0) is 19.3 Å². The molecule has 0 aromatic rings. The molecule has 96 valence electrons. The number of rotatable bonds is 11. The molecule has 1 nitrogen and oxygen atoms in total. The summed E-state index contributed by atoms with van der Waals surface area (Å²) in [6, 6.07) is 0. The Hall–Kier alpha value is -0.300. The van der Waals surface area contributed by atoms with Crippen molar-refractivity contribution in [2.45, 2.75) is 84.2 Å². The minimum Gasteiger partial charge on any atom is -0.389 e. The highest BCUT2D eigenvalue weighted by atomic mass is 16.3. The zero-order chi connectivity index (χ0) is 12.1. The number of hydrogen-bond acceptors (Lipinski definition) is 1. The summed E-state index contributed by atoms with van der Waals surface area (Å²) in [7, 11) is 0. The SMILES string of the molecule is CCCCC/C=C/[C@H](O)CCCCCCC. The van der Waals surface area contributed by atoms with E-state index in [-0.39, 0.29) is 6.10 Å². The Morgan fingerprint density at radius 1 is 0.875 bits per heavy atom. The molecule has 1 heteroatoms. The number of allylic oxidation sites excluding steroid dienone is 1. The minimum atomic E-state index is -0.205. The third kappa shape index (κ3) is 11.8. The summed E-state index contributed by atoms with van der Waals surface area (Å²) in [5.41, 5.74) is 0. The van der Waals surface area contributed by atoms with Crippen LogP contribution in [0.3, 0.4) is 0 Å². The van der Waals surface area contributed by atoms with Gasteiger partial charge >= 0.3 is 0 Å². The maximum absolute atomic E-state index is 9.68. The minimum absolute atomic E-state index is 0.205. The van der Waals surface area contributed by atoms with Gasteiger partial charge in [-0.2, -0.15) is 0 Å². The Balaban J connectivity index is 3.25. The third-order valence-electron chi connectivity index (χ3n) is 2.94. The smallest absolute Gasteiger partial charge is 0.0720 e. The van der Waals surface area contributed by atoms with Crippen LogP contribution in [0.4, 0.5) is 0 Å². The molecule has 0 aliphatic carbocycles. The van der Waals surface area contributed by atoms with Gasteiger partial charge in [0.05, 0.1) is 6.10 Å². The van der Waals surface area contributed by atoms with Crippen molar-refractivity contribution in [3.05, 3.63) is 12.2 Å². The van der Waals surface area contributed by atoms with Gasteiger partial charge in [0.15, 0.2) is 0 Å². The standard InChI is InChI=1S/C15H30O/c1-3-5-7-9-11-13-15(16)14-12-10-8-6-4-2/h11,13,15-16H,3-10,12,14H2,1-2H3/b13-11+/t15-/m0/s1. The second-order valence-electron chi connectivity index (χ2n) is 4.69. The fraction of sp³-hybridized carbons (Fsp3) is 0.867. The average Bonchev–Trinajstić information content (AvgIpc) is 2.28. The molecule has 0 radical (unpaired) electrons. The molecule has 0 bridgehead atoms. The molecule has 0 saturated heterocycles. The van der Waals surface area contributed by atoms with Gasteiger partial charge in [-0.3, -0.25) is 0 Å². The lowest BCUT2D eigenvalue weighted by atomic mass is 10.1. The molecular formula is C15H30O. The van der Waals surface area contributed by atoms with Crippen LogP contribution in [0.25, 0.3) is 0 Å². The van der Waals surface area contributed by atoms with Gasteiger partial charge in [-0.25, -0.2) is 0 Å². The monoisotopic (exact) mass is 226 g/mol. The molecule has 0 aromatic heterocycles. The third-order valence-corrected chi connectivity index (χ3v) is 2.94. The van der Waals surface area contributed by atoms with E-state index in [0.29, 0.717) is 0 Å². The van der Waals surface area contributed by atoms with Crippen molar-refractivity contribution in [2.24, 2.45) is 0 Å². The molecule has 0 spiro atoms. The maximum Gasteiger partial charge on any atom is 0.0720 e. The van der Waals surface area contributed by atoms with E-state index in [1.165, 1.54) is 51.4 Å². The van der Waals surface area contributed by atoms with E-state index in [1.54, 1.807) is 0 Å². The van der Waals surface area contributed by atoms with Gasteiger partial charge in [-0.1, -0.05) is 70.9 Å². The summed E-state index contributed by atoms with van der Waals surface area (Å²) in [5.74, 6) is 0. The summed E-state index contributed by atoms with van der Waals surface area (Å²) in [6.07, 6.45) is 16.2. The molecule has 0 saturated carbocycles. The van der Waals surface area contributed by atoms with Crippen molar-refractivity contribution < 1.29 is 5.11 Å². The summed E-state index contributed by atoms with van der Waals surface area (Å²) >= 11 is 0. The Kier molecular flexibility index (Phi) is 12.5. The lowest BCUT2D eigenvalue weighted by molar-refractivity contribution is 0.207. The van der Waals surface area contributed by atoms with E-state index in [2.05, 4.69) is 19.9 Å². The first-order valence-electron chi connectivity index (χ1n) is 7.16. The van der Waals surface area contributed by atoms with Crippen molar-refractivity contribution in [2.75, 3.05) is 0 Å². The van der Waals surface area contributed by atoms with Crippen LogP contribution >= 0.6 is 0 Å². The fourth-order valence-electron chi connectivity index (χ4n) is 1.82. The van der Waals surface area contributed by atoms with Crippen LogP contribution in [0.5, 0.6) is 0 Å². The Morgan fingerprint density at radius 2 is 1.50 bits per heavy atom. The summed E-state index contributed by atoms with van der Waals surface area (Å²) in [4.78, 5) is 0. The molecular weight excluding hydrogens is 196 g/mol. The second-order valence-corrected chi connectivity index (χ2v) is 4.69. The van der Waals surface area contributed by atoms with E-state index in [1.807, 2.05) is 6.08 Å². The molecule has 0 amide bonds. The van der Waals surface area contributed by atoms with Gasteiger partial charge in [0, 0.05) is 0 Å². The number of unbranched alkanes of at least 4 members (excludes halogenated alkanes) is 7. The van der Waals surface area contributed by atoms with Crippen LogP contribution in [0.2, 0.25) is 0 Å². The van der Waals surface area contributed by atoms with Crippen molar-refractivity contribution in [1.29, 1.82) is 0 Å². The first-order valence-corrected chi connectivity index (χ1v) is 7.16. The van der Waals surface area contributed by atoms with Crippen LogP contribution in [0.15, 0.2) is 12.2 Å². The van der Waals surface area contributed by atoms with Gasteiger partial charge in [0.25, 0.3) is 0 Å². The Bertz CT molecular complexity index is 152. The lowest BCUT2D eigenvalue weighted by Gasteiger charge is -2.05. The highest BCUT2D eigenvalue weighted by molar-refractivity contribution is 4.88. The molecule has 0 fully saturated rings. The van der Waals surface area contributed by atoms with E-state index >= 15 is 0 Å². The van der Waals surface area contributed by atoms with Crippen LogP contribution in [-0.2, 0) is 0 Å². The Labute approximate surface area is 102 Å². The van der Waals surface area contributed by atoms with Crippen LogP contribution < -0.4 is 0 Å². The summed E-state index contributed by atoms with van der Waals surface area (Å²) in [6.45, 7) is 4.45. The molecule has 0 rings (SSSR count). The quantitative estimate of drug-likeness (QED) is 0.394. The zero-order valence-electron chi connectivity index (χ0n) is 11.3. The lowest BCUT2D eigenvalue weighted by Crippen LogP contribution is -2.01. The largest absolute Gasteiger partial charge is 0.389 e. The highest BCUT2D eigenvalue weighted by Gasteiger charge is 1.98. The predicted molar refractivity (Wildman–Crippen MR) is 72.7 cm³/mol. The summed E-state index contributed by atoms with van der Waals surface area (Å²) < 4.78 is 0. The molecule has 0 aliphatic rings. The molecule has 0 aliphatic heterocycles. The van der Waals surface area contributed by atoms with Crippen LogP contribution in [0.1, 0.15) is 78.1 Å². The van der Waals surface area contributed by atoms with Crippen LogP contribution in [-0.4, -0.2) is 11.2 Å². The molecule has 0 aromatic carbocycles. The van der Waals surface area contributed by atoms with E-state index in [0.717, 1.165) is 12.8 Å². The number of aliphatic hydroxyl groups excluding tert-OH is 1. The molecule has 0 heterocycles. The second kappa shape index (κ2) is 12.8. The van der Waals surface area contributed by atoms with E-state index in [9.17, 15) is 5.11 Å². The van der Waals surface area contributed by atoms with Gasteiger partial charge in [0.2, 0.25) is 0 Å². The maximum atomic E-state index is 9.68. The van der Waals surface area contributed by atoms with Crippen molar-refractivity contribution in [3.8, 4) is 0 Å². The fourth-order valence-corrected chi connectivity index (χ4v) is 1.82. The number of aliphatic hydroxyl groups is 1. The molecule has 1 N–H and O–H groups in total. The highest BCUT2D eigenvalue weighted by Crippen LogP contribution is 2.08. The van der Waals surface area contributed by atoms with Gasteiger partial charge < -0.3 is 5.11 Å². The summed E-state index contributed by atoms with van der Waals surface area (Å²) in [5, 5.41) is 9.68. The van der Waals surface area contributed by atoms with Gasteiger partial charge in [-0.15, -0.1) is 0 Å². The first-order chi connectivity index (χ1) is 7.81. The van der Waals surface area contributed by atoms with E-state index < -0.39 is 0 Å².